The number of aryl methyl sites for hydroxylation is 2. The standard InChI is InChI=1S/C45H37N5O/c1-26-10-9-11-27(2)39(26)50-41-38(48-44(50)29-12-5-3-6-13-29)42-36-23-28(16-21-35(36)43(41)51-42)22-33-20-19-32(25-46-33)45-47-37-30-17-18-31(24-30)40(37)49(45)34-14-7-4-8-15-34/h3-16,19-21,23,25,30-31,42-43H,17-18,22,24H2,1-2H3. The van der Waals surface area contributed by atoms with Crippen molar-refractivity contribution in [2.45, 2.75) is 63.6 Å². The first-order valence-electron chi connectivity index (χ1n) is 18.3. The van der Waals surface area contributed by atoms with Gasteiger partial charge in [-0.3, -0.25) is 14.1 Å². The van der Waals surface area contributed by atoms with Gasteiger partial charge in [0.05, 0.1) is 22.8 Å². The molecule has 4 atom stereocenters. The maximum absolute atomic E-state index is 6.74. The maximum Gasteiger partial charge on any atom is 0.146 e. The highest BCUT2D eigenvalue weighted by molar-refractivity contribution is 5.67. The van der Waals surface area contributed by atoms with Crippen LogP contribution in [0.1, 0.15) is 99.6 Å². The molecule has 1 fully saturated rings. The Kier molecular flexibility index (Phi) is 6.26. The summed E-state index contributed by atoms with van der Waals surface area (Å²) in [6, 6.07) is 39.0. The molecule has 11 rings (SSSR count). The molecule has 6 nitrogen and oxygen atoms in total. The largest absolute Gasteiger partial charge is 0.353 e. The second-order valence-electron chi connectivity index (χ2n) is 14.8. The molecule has 248 valence electrons. The van der Waals surface area contributed by atoms with Crippen LogP contribution in [0.4, 0.5) is 0 Å². The number of aromatic nitrogens is 5. The summed E-state index contributed by atoms with van der Waals surface area (Å²) < 4.78 is 11.5. The van der Waals surface area contributed by atoms with Gasteiger partial charge in [0.2, 0.25) is 0 Å². The minimum absolute atomic E-state index is 0.152. The summed E-state index contributed by atoms with van der Waals surface area (Å²) in [5.41, 5.74) is 16.6. The number of imidazole rings is 2. The van der Waals surface area contributed by atoms with Crippen molar-refractivity contribution in [3.63, 3.8) is 0 Å². The van der Waals surface area contributed by atoms with Gasteiger partial charge in [-0.25, -0.2) is 9.97 Å². The molecular weight excluding hydrogens is 627 g/mol. The Morgan fingerprint density at radius 2 is 1.39 bits per heavy atom. The van der Waals surface area contributed by atoms with Crippen molar-refractivity contribution in [2.24, 2.45) is 0 Å². The van der Waals surface area contributed by atoms with Crippen LogP contribution in [-0.2, 0) is 11.2 Å². The second-order valence-corrected chi connectivity index (χ2v) is 14.8. The molecule has 3 aromatic heterocycles. The first-order valence-corrected chi connectivity index (χ1v) is 18.3. The van der Waals surface area contributed by atoms with Gasteiger partial charge in [0.25, 0.3) is 0 Å². The van der Waals surface area contributed by atoms with Gasteiger partial charge in [-0.2, -0.15) is 0 Å². The van der Waals surface area contributed by atoms with Crippen LogP contribution in [0, 0.1) is 13.8 Å². The van der Waals surface area contributed by atoms with Crippen LogP contribution in [0.5, 0.6) is 0 Å². The molecule has 0 radical (unpaired) electrons. The first kappa shape index (κ1) is 29.2. The van der Waals surface area contributed by atoms with E-state index in [2.05, 4.69) is 132 Å². The van der Waals surface area contributed by atoms with Crippen LogP contribution in [-0.4, -0.2) is 24.1 Å². The molecule has 2 aliphatic carbocycles. The van der Waals surface area contributed by atoms with Gasteiger partial charge in [-0.1, -0.05) is 84.9 Å². The Morgan fingerprint density at radius 1 is 0.647 bits per heavy atom. The van der Waals surface area contributed by atoms with Crippen molar-refractivity contribution in [1.29, 1.82) is 0 Å². The van der Waals surface area contributed by atoms with Crippen LogP contribution in [0.25, 0.3) is 34.2 Å². The quantitative estimate of drug-likeness (QED) is 0.178. The highest BCUT2D eigenvalue weighted by Gasteiger charge is 2.48. The number of nitrogens with zero attached hydrogens (tertiary/aromatic N) is 5. The van der Waals surface area contributed by atoms with Gasteiger partial charge < -0.3 is 4.74 Å². The van der Waals surface area contributed by atoms with Crippen molar-refractivity contribution < 1.29 is 4.74 Å². The number of fused-ring (bicyclic) bond motifs is 13. The van der Waals surface area contributed by atoms with E-state index in [-0.39, 0.29) is 12.2 Å². The van der Waals surface area contributed by atoms with Crippen LogP contribution in [0.15, 0.2) is 115 Å². The van der Waals surface area contributed by atoms with Crippen molar-refractivity contribution in [1.82, 2.24) is 24.1 Å². The third-order valence-corrected chi connectivity index (χ3v) is 11.8. The van der Waals surface area contributed by atoms with Gasteiger partial charge in [0.1, 0.15) is 23.9 Å². The predicted molar refractivity (Wildman–Crippen MR) is 199 cm³/mol. The third-order valence-electron chi connectivity index (χ3n) is 11.8. The lowest BCUT2D eigenvalue weighted by Gasteiger charge is -2.20. The molecule has 51 heavy (non-hydrogen) atoms. The normalized spacial score (nSPS) is 20.5. The first-order chi connectivity index (χ1) is 25.1. The zero-order valence-electron chi connectivity index (χ0n) is 28.8. The molecule has 2 aliphatic heterocycles. The van der Waals surface area contributed by atoms with Gasteiger partial charge >= 0.3 is 0 Å². The minimum Gasteiger partial charge on any atom is -0.353 e. The van der Waals surface area contributed by atoms with E-state index < -0.39 is 0 Å². The van der Waals surface area contributed by atoms with Crippen molar-refractivity contribution in [2.75, 3.05) is 0 Å². The number of benzene rings is 4. The lowest BCUT2D eigenvalue weighted by atomic mass is 9.89. The molecule has 4 aliphatic rings. The van der Waals surface area contributed by atoms with Crippen molar-refractivity contribution in [3.05, 3.63) is 172 Å². The van der Waals surface area contributed by atoms with Gasteiger partial charge in [-0.15, -0.1) is 0 Å². The number of hydrogen-bond donors (Lipinski definition) is 0. The van der Waals surface area contributed by atoms with E-state index in [1.54, 1.807) is 0 Å². The van der Waals surface area contributed by atoms with Crippen LogP contribution < -0.4 is 0 Å². The summed E-state index contributed by atoms with van der Waals surface area (Å²) in [6.45, 7) is 4.37. The SMILES string of the molecule is Cc1cccc(C)c1-n1c(-c2ccccc2)nc2c1C1OC2c2cc(Cc3ccc(-c4nc5c(n4-c4ccccc4)C4CCC5C4)cn3)ccc21. The van der Waals surface area contributed by atoms with Gasteiger partial charge in [0, 0.05) is 52.7 Å². The zero-order valence-corrected chi connectivity index (χ0v) is 28.8. The molecule has 4 unspecified atom stereocenters. The fourth-order valence-electron chi connectivity index (χ4n) is 9.49. The molecule has 7 aromatic rings. The van der Waals surface area contributed by atoms with Gasteiger partial charge in [-0.05, 0) is 85.2 Å². The molecule has 0 saturated heterocycles. The number of pyridine rings is 1. The highest BCUT2D eigenvalue weighted by atomic mass is 16.5. The third kappa shape index (κ3) is 4.29. The number of ether oxygens (including phenoxy) is 1. The van der Waals surface area contributed by atoms with E-state index >= 15 is 0 Å². The van der Waals surface area contributed by atoms with E-state index in [4.69, 9.17) is 19.7 Å². The summed E-state index contributed by atoms with van der Waals surface area (Å²) in [4.78, 5) is 15.6. The fraction of sp³-hybridized carbons (Fsp3) is 0.222. The molecule has 1 saturated carbocycles. The number of para-hydroxylation sites is 2. The number of rotatable bonds is 6. The molecule has 5 heterocycles. The minimum atomic E-state index is -0.183. The monoisotopic (exact) mass is 663 g/mol. The Bertz CT molecular complexity index is 2470. The topological polar surface area (TPSA) is 57.8 Å². The summed E-state index contributed by atoms with van der Waals surface area (Å²) >= 11 is 0. The average molecular weight is 664 g/mol. The lowest BCUT2D eigenvalue weighted by Crippen LogP contribution is -2.11. The Labute approximate surface area is 297 Å². The molecule has 6 heteroatoms. The fourth-order valence-corrected chi connectivity index (χ4v) is 9.49. The molecule has 0 amide bonds. The van der Waals surface area contributed by atoms with Crippen LogP contribution >= 0.6 is 0 Å². The summed E-state index contributed by atoms with van der Waals surface area (Å²) in [6.07, 6.45) is 6.21. The summed E-state index contributed by atoms with van der Waals surface area (Å²) in [5.74, 6) is 3.19. The Balaban J connectivity index is 0.924. The molecule has 4 bridgehead atoms. The summed E-state index contributed by atoms with van der Waals surface area (Å²) in [5, 5.41) is 0. The van der Waals surface area contributed by atoms with Crippen LogP contribution in [0.2, 0.25) is 0 Å². The van der Waals surface area contributed by atoms with E-state index in [9.17, 15) is 0 Å². The second kappa shape index (κ2) is 11.0. The summed E-state index contributed by atoms with van der Waals surface area (Å²) in [7, 11) is 0. The van der Waals surface area contributed by atoms with Crippen molar-refractivity contribution in [3.8, 4) is 34.2 Å². The van der Waals surface area contributed by atoms with Gasteiger partial charge in [0.15, 0.2) is 0 Å². The highest BCUT2D eigenvalue weighted by Crippen LogP contribution is 2.56. The molecule has 0 spiro atoms. The molecule has 0 N–H and O–H groups in total. The number of hydrogen-bond acceptors (Lipinski definition) is 4. The smallest absolute Gasteiger partial charge is 0.146 e. The molecular formula is C45H37N5O. The zero-order chi connectivity index (χ0) is 33.8. The Hall–Kier alpha value is -5.59. The lowest BCUT2D eigenvalue weighted by molar-refractivity contribution is 0.0814. The Morgan fingerprint density at radius 3 is 2.18 bits per heavy atom. The molecule has 4 aromatic carbocycles. The van der Waals surface area contributed by atoms with Crippen molar-refractivity contribution >= 4 is 0 Å². The average Bonchev–Trinajstić information content (AvgIpc) is 4.01. The predicted octanol–water partition coefficient (Wildman–Crippen LogP) is 9.88. The van der Waals surface area contributed by atoms with E-state index in [1.807, 2.05) is 6.20 Å². The van der Waals surface area contributed by atoms with Crippen LogP contribution in [0.3, 0.4) is 0 Å². The maximum atomic E-state index is 6.74. The van der Waals surface area contributed by atoms with E-state index in [0.29, 0.717) is 11.8 Å². The van der Waals surface area contributed by atoms with E-state index in [1.165, 1.54) is 69.8 Å². The van der Waals surface area contributed by atoms with E-state index in [0.717, 1.165) is 46.3 Å².